The minimum absolute atomic E-state index is 0.00347. The van der Waals surface area contributed by atoms with Gasteiger partial charge in [0.2, 0.25) is 0 Å². The molecule has 0 N–H and O–H groups in total. The van der Waals surface area contributed by atoms with Crippen LogP contribution in [0.4, 0.5) is 0 Å². The maximum Gasteiger partial charge on any atom is 0.162 e. The van der Waals surface area contributed by atoms with Gasteiger partial charge in [0.1, 0.15) is 6.33 Å². The second kappa shape index (κ2) is 29.7. The standard InChI is InChI=1S/C9H19N.C8H17NO.2C7H12N2.2C6H11N3.2C5H10N4/c1-9(2,3)10-7-5-4-6-8-10;1-8(2,3)9-4-6-10-7-5-9;1-7(2,3)9-5-4-8-6-9;1-7(2,3)9-6-4-5-8-9;1-6(2,3)9-5-4-7-8-9;1-6(2,3)9-7-4-5-8-9;1-5(2,3)9-4-6-7-8-9;1-5(2,3)9-7-4-6-8-9/h4-8H2,1-3H3;4-7H2,1-3H3;2*4-6H,1-3H3;2*4-5H,1-3H3;2*4H,1-3H3. The van der Waals surface area contributed by atoms with Gasteiger partial charge in [0.25, 0.3) is 0 Å². The Bertz CT molecular complexity index is 1810. The predicted octanol–water partition coefficient (Wildman–Crippen LogP) is 9.59. The van der Waals surface area contributed by atoms with Crippen molar-refractivity contribution in [2.75, 3.05) is 39.4 Å². The maximum atomic E-state index is 5.25. The smallest absolute Gasteiger partial charge is 0.162 e. The van der Waals surface area contributed by atoms with E-state index in [0.717, 1.165) is 26.3 Å². The van der Waals surface area contributed by atoms with Crippen molar-refractivity contribution < 1.29 is 4.74 Å². The molecule has 0 saturated carbocycles. The molecule has 0 atom stereocenters. The summed E-state index contributed by atoms with van der Waals surface area (Å²) in [5.74, 6) is 0. The van der Waals surface area contributed by atoms with Crippen LogP contribution < -0.4 is 0 Å². The zero-order valence-corrected chi connectivity index (χ0v) is 50.6. The van der Waals surface area contributed by atoms with E-state index in [0.29, 0.717) is 11.1 Å². The highest BCUT2D eigenvalue weighted by Crippen LogP contribution is 2.19. The monoisotopic (exact) mass is 1030 g/mol. The number of imidazole rings is 1. The van der Waals surface area contributed by atoms with Crippen LogP contribution in [-0.2, 0) is 38.0 Å². The van der Waals surface area contributed by atoms with Crippen molar-refractivity contribution in [2.24, 2.45) is 0 Å². The van der Waals surface area contributed by atoms with E-state index in [1.54, 1.807) is 51.6 Å². The SMILES string of the molecule is CC(C)(C)N1CCCCC1.CC(C)(C)N1CCOCC1.CC(C)(C)n1cccn1.CC(C)(C)n1ccnc1.CC(C)(C)n1ccnn1.CC(C)(C)n1cnnn1.CC(C)(C)n1nccn1.CC(C)(C)n1ncnn1. The van der Waals surface area contributed by atoms with Gasteiger partial charge in [-0.1, -0.05) is 11.6 Å². The number of nitrogens with zero attached hydrogens (tertiary/aromatic N) is 20. The van der Waals surface area contributed by atoms with Gasteiger partial charge in [0.15, 0.2) is 6.33 Å². The number of morpholine rings is 1. The lowest BCUT2D eigenvalue weighted by Gasteiger charge is -2.38. The second-order valence-corrected chi connectivity index (χ2v) is 26.1. The average Bonchev–Trinajstić information content (AvgIpc) is 4.14. The van der Waals surface area contributed by atoms with Crippen molar-refractivity contribution in [3.8, 4) is 0 Å². The first-order valence-electron chi connectivity index (χ1n) is 26.1. The Hall–Kier alpha value is -5.28. The van der Waals surface area contributed by atoms with Crippen LogP contribution in [0.5, 0.6) is 0 Å². The summed E-state index contributed by atoms with van der Waals surface area (Å²) in [5.41, 5.74) is 1.07. The number of ether oxygens (including phenoxy) is 1. The number of hydrogen-bond acceptors (Lipinski definition) is 15. The molecule has 8 heterocycles. The van der Waals surface area contributed by atoms with Gasteiger partial charge in [-0.2, -0.15) is 24.9 Å². The van der Waals surface area contributed by atoms with Gasteiger partial charge in [-0.25, -0.2) is 14.3 Å². The number of hydrogen-bond donors (Lipinski definition) is 0. The molecule has 2 aliphatic rings. The lowest BCUT2D eigenvalue weighted by Crippen LogP contribution is -2.47. The lowest BCUT2D eigenvalue weighted by atomic mass is 10.0. The van der Waals surface area contributed by atoms with Crippen molar-refractivity contribution in [1.29, 1.82) is 0 Å². The number of piperidine rings is 1. The third-order valence-electron chi connectivity index (χ3n) is 10.8. The van der Waals surface area contributed by atoms with Crippen molar-refractivity contribution >= 4 is 0 Å². The van der Waals surface area contributed by atoms with E-state index in [-0.39, 0.29) is 33.2 Å². The third-order valence-corrected chi connectivity index (χ3v) is 10.8. The number of tetrazole rings is 2. The van der Waals surface area contributed by atoms with E-state index in [1.807, 2.05) is 81.9 Å². The number of rotatable bonds is 0. The molecule has 2 aliphatic heterocycles. The van der Waals surface area contributed by atoms with Crippen LogP contribution in [0.3, 0.4) is 0 Å². The molecule has 6 aromatic heterocycles. The van der Waals surface area contributed by atoms with E-state index < -0.39 is 0 Å². The molecule has 0 spiro atoms. The van der Waals surface area contributed by atoms with Crippen LogP contribution in [0, 0.1) is 0 Å². The van der Waals surface area contributed by atoms with E-state index >= 15 is 0 Å². The van der Waals surface area contributed by atoms with E-state index in [2.05, 4.69) is 201 Å². The van der Waals surface area contributed by atoms with Crippen LogP contribution in [0.2, 0.25) is 0 Å². The minimum atomic E-state index is -0.0451. The number of aromatic nitrogens is 18. The molecule has 0 bridgehead atoms. The quantitative estimate of drug-likeness (QED) is 0.139. The van der Waals surface area contributed by atoms with Crippen molar-refractivity contribution in [2.45, 2.75) is 230 Å². The second-order valence-electron chi connectivity index (χ2n) is 26.1. The molecule has 2 saturated heterocycles. The molecule has 21 nitrogen and oxygen atoms in total. The molecule has 0 aromatic carbocycles. The van der Waals surface area contributed by atoms with Crippen molar-refractivity contribution in [3.63, 3.8) is 0 Å². The summed E-state index contributed by atoms with van der Waals surface area (Å²) < 4.78 is 12.8. The molecular weight excluding hydrogens is 933 g/mol. The summed E-state index contributed by atoms with van der Waals surface area (Å²) in [6.45, 7) is 57.7. The lowest BCUT2D eigenvalue weighted by molar-refractivity contribution is -0.00389. The fourth-order valence-corrected chi connectivity index (χ4v) is 6.19. The van der Waals surface area contributed by atoms with E-state index in [1.165, 1.54) is 38.7 Å². The molecular formula is C53H102N20O. The largest absolute Gasteiger partial charge is 0.379 e. The molecule has 420 valence electrons. The average molecular weight is 1040 g/mol. The predicted molar refractivity (Wildman–Crippen MR) is 297 cm³/mol. The van der Waals surface area contributed by atoms with Gasteiger partial charge in [-0.05, 0) is 214 Å². The normalized spacial score (nSPS) is 14.9. The van der Waals surface area contributed by atoms with Gasteiger partial charge in [-0.15, -0.1) is 20.4 Å². The fraction of sp³-hybridized carbons (Fsp3) is 0.774. The Labute approximate surface area is 446 Å². The molecule has 0 aliphatic carbocycles. The summed E-state index contributed by atoms with van der Waals surface area (Å²) in [7, 11) is 0. The fourth-order valence-electron chi connectivity index (χ4n) is 6.19. The molecule has 0 amide bonds. The topological polar surface area (TPSA) is 200 Å². The Morgan fingerprint density at radius 1 is 0.365 bits per heavy atom. The van der Waals surface area contributed by atoms with E-state index in [9.17, 15) is 0 Å². The highest BCUT2D eigenvalue weighted by Gasteiger charge is 2.24. The van der Waals surface area contributed by atoms with Gasteiger partial charge in [0.05, 0.1) is 65.8 Å². The van der Waals surface area contributed by atoms with Gasteiger partial charge >= 0.3 is 0 Å². The van der Waals surface area contributed by atoms with E-state index in [4.69, 9.17) is 4.74 Å². The molecule has 74 heavy (non-hydrogen) atoms. The number of likely N-dealkylation sites (tertiary alicyclic amines) is 1. The van der Waals surface area contributed by atoms with Gasteiger partial charge < -0.3 is 9.30 Å². The Morgan fingerprint density at radius 2 is 0.892 bits per heavy atom. The molecule has 0 unspecified atom stereocenters. The van der Waals surface area contributed by atoms with Gasteiger partial charge in [0, 0.05) is 60.7 Å². The Balaban J connectivity index is 0.000000423. The van der Waals surface area contributed by atoms with Crippen LogP contribution in [0.1, 0.15) is 185 Å². The molecule has 21 heteroatoms. The van der Waals surface area contributed by atoms with Crippen LogP contribution in [0.25, 0.3) is 0 Å². The van der Waals surface area contributed by atoms with Crippen LogP contribution in [0.15, 0.2) is 74.6 Å². The van der Waals surface area contributed by atoms with Crippen molar-refractivity contribution in [3.05, 3.63) is 74.6 Å². The molecule has 2 fully saturated rings. The van der Waals surface area contributed by atoms with Gasteiger partial charge in [-0.3, -0.25) is 14.5 Å². The van der Waals surface area contributed by atoms with Crippen LogP contribution in [-0.4, -0.2) is 150 Å². The molecule has 8 rings (SSSR count). The summed E-state index contributed by atoms with van der Waals surface area (Å²) >= 11 is 0. The highest BCUT2D eigenvalue weighted by atomic mass is 16.5. The Kier molecular flexibility index (Phi) is 26.8. The maximum absolute atomic E-state index is 5.25. The first-order chi connectivity index (χ1) is 33.8. The Morgan fingerprint density at radius 3 is 1.14 bits per heavy atom. The third kappa shape index (κ3) is 28.4. The zero-order valence-electron chi connectivity index (χ0n) is 50.6. The molecule has 0 radical (unpaired) electrons. The summed E-state index contributed by atoms with van der Waals surface area (Å²) in [6.07, 6.45) is 23.6. The minimum Gasteiger partial charge on any atom is -0.379 e. The molecule has 6 aromatic rings. The first kappa shape index (κ1) is 66.7. The van der Waals surface area contributed by atoms with Crippen molar-refractivity contribution in [1.82, 2.24) is 99.5 Å². The summed E-state index contributed by atoms with van der Waals surface area (Å²) in [6, 6.07) is 1.94. The summed E-state index contributed by atoms with van der Waals surface area (Å²) in [4.78, 5) is 12.3. The zero-order chi connectivity index (χ0) is 56.7. The van der Waals surface area contributed by atoms with Crippen LogP contribution >= 0.6 is 0 Å². The summed E-state index contributed by atoms with van der Waals surface area (Å²) in [5, 5.41) is 41.6. The first-order valence-corrected chi connectivity index (χ1v) is 26.1. The highest BCUT2D eigenvalue weighted by molar-refractivity contribution is 4.85.